The molecule has 3 rings (SSSR count). The van der Waals surface area contributed by atoms with Crippen LogP contribution in [0.3, 0.4) is 0 Å². The molecule has 2 heterocycles. The highest BCUT2D eigenvalue weighted by atomic mass is 32.1. The lowest BCUT2D eigenvalue weighted by Crippen LogP contribution is -2.15. The topological polar surface area (TPSA) is 64.1 Å². The molecular weight excluding hydrogens is 346 g/mol. The van der Waals surface area contributed by atoms with Crippen molar-refractivity contribution in [2.75, 3.05) is 11.9 Å². The van der Waals surface area contributed by atoms with Crippen molar-refractivity contribution in [2.24, 2.45) is 0 Å². The van der Waals surface area contributed by atoms with Crippen molar-refractivity contribution in [3.8, 4) is 16.3 Å². The highest BCUT2D eigenvalue weighted by molar-refractivity contribution is 7.13. The van der Waals surface area contributed by atoms with Crippen molar-refractivity contribution < 1.29 is 9.53 Å². The third-order valence-corrected chi connectivity index (χ3v) is 4.80. The molecule has 0 fully saturated rings. The van der Waals surface area contributed by atoms with Crippen LogP contribution >= 0.6 is 11.3 Å². The number of nitrogens with one attached hydrogen (secondary N) is 1. The van der Waals surface area contributed by atoms with E-state index < -0.39 is 0 Å². The fourth-order valence-electron chi connectivity index (χ4n) is 2.76. The van der Waals surface area contributed by atoms with Gasteiger partial charge < -0.3 is 10.1 Å². The first kappa shape index (κ1) is 18.1. The van der Waals surface area contributed by atoms with Gasteiger partial charge in [-0.15, -0.1) is 11.3 Å². The van der Waals surface area contributed by atoms with Crippen molar-refractivity contribution >= 4 is 22.9 Å². The maximum Gasteiger partial charge on any atom is 0.275 e. The van der Waals surface area contributed by atoms with Gasteiger partial charge >= 0.3 is 0 Å². The number of amides is 1. The molecule has 134 valence electrons. The Balaban J connectivity index is 1.78. The second kappa shape index (κ2) is 7.66. The summed E-state index contributed by atoms with van der Waals surface area (Å²) < 4.78 is 5.45. The van der Waals surface area contributed by atoms with E-state index in [4.69, 9.17) is 4.74 Å². The van der Waals surface area contributed by atoms with Crippen molar-refractivity contribution in [3.05, 3.63) is 58.4 Å². The van der Waals surface area contributed by atoms with E-state index in [0.717, 1.165) is 39.0 Å². The largest absolute Gasteiger partial charge is 0.494 e. The van der Waals surface area contributed by atoms with Gasteiger partial charge in [0, 0.05) is 16.6 Å². The van der Waals surface area contributed by atoms with Gasteiger partial charge in [-0.25, -0.2) is 4.98 Å². The summed E-state index contributed by atoms with van der Waals surface area (Å²) in [5.74, 6) is 0.596. The van der Waals surface area contributed by atoms with Gasteiger partial charge in [-0.3, -0.25) is 9.78 Å². The quantitative estimate of drug-likeness (QED) is 0.705. The molecular formula is C20H21N3O2S. The zero-order valence-corrected chi connectivity index (χ0v) is 16.1. The van der Waals surface area contributed by atoms with Crippen LogP contribution in [0.5, 0.6) is 5.75 Å². The van der Waals surface area contributed by atoms with Crippen LogP contribution in [0, 0.1) is 20.8 Å². The van der Waals surface area contributed by atoms with E-state index >= 15 is 0 Å². The van der Waals surface area contributed by atoms with E-state index in [0.29, 0.717) is 12.3 Å². The number of aryl methyl sites for hydroxylation is 3. The number of benzene rings is 1. The molecule has 0 aliphatic carbocycles. The number of thiazole rings is 1. The minimum absolute atomic E-state index is 0.227. The minimum atomic E-state index is -0.227. The number of hydrogen-bond acceptors (Lipinski definition) is 5. The zero-order valence-electron chi connectivity index (χ0n) is 15.3. The van der Waals surface area contributed by atoms with Crippen LogP contribution in [0.4, 0.5) is 5.69 Å². The van der Waals surface area contributed by atoms with Crippen molar-refractivity contribution in [1.29, 1.82) is 0 Å². The first-order valence-electron chi connectivity index (χ1n) is 8.43. The number of nitrogens with zero attached hydrogens (tertiary/aromatic N) is 2. The van der Waals surface area contributed by atoms with E-state index in [1.165, 1.54) is 11.3 Å². The molecule has 0 aliphatic rings. The molecule has 0 saturated heterocycles. The van der Waals surface area contributed by atoms with Crippen molar-refractivity contribution in [1.82, 2.24) is 9.97 Å². The summed E-state index contributed by atoms with van der Waals surface area (Å²) in [6.07, 6.45) is 0. The van der Waals surface area contributed by atoms with E-state index in [-0.39, 0.29) is 5.91 Å². The molecule has 0 saturated carbocycles. The molecule has 0 spiro atoms. The fourth-order valence-corrected chi connectivity index (χ4v) is 3.57. The number of hydrogen-bond donors (Lipinski definition) is 1. The van der Waals surface area contributed by atoms with Crippen LogP contribution in [0.2, 0.25) is 0 Å². The third-order valence-electron chi connectivity index (χ3n) is 3.91. The van der Waals surface area contributed by atoms with Crippen molar-refractivity contribution in [3.63, 3.8) is 0 Å². The molecule has 5 nitrogen and oxygen atoms in total. The number of rotatable bonds is 5. The zero-order chi connectivity index (χ0) is 18.7. The standard InChI is InChI=1S/C20H21N3O2S/c1-5-25-16-8-6-15(7-9-16)20-22-17(11-26-20)19(24)23-18-12(2)10-13(3)21-14(18)4/h6-11H,5H2,1-4H3,(H,23,24). The number of aromatic nitrogens is 2. The third kappa shape index (κ3) is 3.91. The summed E-state index contributed by atoms with van der Waals surface area (Å²) in [5.41, 5.74) is 4.84. The van der Waals surface area contributed by atoms with Crippen LogP contribution in [0.1, 0.15) is 34.4 Å². The van der Waals surface area contributed by atoms with Crippen LogP contribution in [0.15, 0.2) is 35.7 Å². The van der Waals surface area contributed by atoms with E-state index in [1.807, 2.05) is 58.0 Å². The lowest BCUT2D eigenvalue weighted by Gasteiger charge is -2.11. The average Bonchev–Trinajstić information content (AvgIpc) is 3.09. The SMILES string of the molecule is CCOc1ccc(-c2nc(C(=O)Nc3c(C)cc(C)nc3C)cs2)cc1. The first-order valence-corrected chi connectivity index (χ1v) is 9.31. The Bertz CT molecular complexity index is 909. The number of pyridine rings is 1. The van der Waals surface area contributed by atoms with Crippen LogP contribution in [0.25, 0.3) is 10.6 Å². The van der Waals surface area contributed by atoms with Gasteiger partial charge in [0.15, 0.2) is 0 Å². The Labute approximate surface area is 157 Å². The second-order valence-electron chi connectivity index (χ2n) is 5.99. The highest BCUT2D eigenvalue weighted by Gasteiger charge is 2.15. The molecule has 0 unspecified atom stereocenters. The maximum absolute atomic E-state index is 12.6. The van der Waals surface area contributed by atoms with Crippen LogP contribution in [-0.2, 0) is 0 Å². The summed E-state index contributed by atoms with van der Waals surface area (Å²) >= 11 is 1.44. The molecule has 3 aromatic rings. The number of anilines is 1. The second-order valence-corrected chi connectivity index (χ2v) is 6.85. The summed E-state index contributed by atoms with van der Waals surface area (Å²) in [4.78, 5) is 21.5. The predicted molar refractivity (Wildman–Crippen MR) is 105 cm³/mol. The van der Waals surface area contributed by atoms with E-state index in [1.54, 1.807) is 5.38 Å². The Morgan fingerprint density at radius 3 is 2.54 bits per heavy atom. The maximum atomic E-state index is 12.6. The van der Waals surface area contributed by atoms with Crippen LogP contribution in [-0.4, -0.2) is 22.5 Å². The number of ether oxygens (including phenoxy) is 1. The molecule has 26 heavy (non-hydrogen) atoms. The fraction of sp³-hybridized carbons (Fsp3) is 0.250. The summed E-state index contributed by atoms with van der Waals surface area (Å²) in [5, 5.41) is 5.51. The lowest BCUT2D eigenvalue weighted by molar-refractivity contribution is 0.102. The summed E-state index contributed by atoms with van der Waals surface area (Å²) in [6, 6.07) is 9.66. The molecule has 1 aromatic carbocycles. The summed E-state index contributed by atoms with van der Waals surface area (Å²) in [6.45, 7) is 8.38. The van der Waals surface area contributed by atoms with Gasteiger partial charge in [-0.1, -0.05) is 0 Å². The van der Waals surface area contributed by atoms with Gasteiger partial charge in [-0.2, -0.15) is 0 Å². The lowest BCUT2D eigenvalue weighted by atomic mass is 10.1. The molecule has 0 aliphatic heterocycles. The van der Waals surface area contributed by atoms with Gasteiger partial charge in [0.25, 0.3) is 5.91 Å². The van der Waals surface area contributed by atoms with E-state index in [2.05, 4.69) is 15.3 Å². The Morgan fingerprint density at radius 1 is 1.15 bits per heavy atom. The number of carbonyl (C=O) groups excluding carboxylic acids is 1. The van der Waals surface area contributed by atoms with Gasteiger partial charge in [-0.05, 0) is 63.6 Å². The molecule has 0 bridgehead atoms. The van der Waals surface area contributed by atoms with Crippen LogP contribution < -0.4 is 10.1 Å². The molecule has 0 atom stereocenters. The molecule has 2 aromatic heterocycles. The van der Waals surface area contributed by atoms with Gasteiger partial charge in [0.2, 0.25) is 0 Å². The monoisotopic (exact) mass is 367 g/mol. The molecule has 0 radical (unpaired) electrons. The predicted octanol–water partition coefficient (Wildman–Crippen LogP) is 4.78. The van der Waals surface area contributed by atoms with Gasteiger partial charge in [0.1, 0.15) is 16.5 Å². The smallest absolute Gasteiger partial charge is 0.275 e. The van der Waals surface area contributed by atoms with Crippen molar-refractivity contribution in [2.45, 2.75) is 27.7 Å². The Kier molecular flexibility index (Phi) is 5.32. The first-order chi connectivity index (χ1) is 12.5. The number of carbonyl (C=O) groups is 1. The molecule has 6 heteroatoms. The average molecular weight is 367 g/mol. The molecule has 1 amide bonds. The Hall–Kier alpha value is -2.73. The van der Waals surface area contributed by atoms with Gasteiger partial charge in [0.05, 0.1) is 18.0 Å². The normalized spacial score (nSPS) is 10.6. The van der Waals surface area contributed by atoms with E-state index in [9.17, 15) is 4.79 Å². The molecule has 1 N–H and O–H groups in total. The Morgan fingerprint density at radius 2 is 1.88 bits per heavy atom. The highest BCUT2D eigenvalue weighted by Crippen LogP contribution is 2.27. The summed E-state index contributed by atoms with van der Waals surface area (Å²) in [7, 11) is 0. The minimum Gasteiger partial charge on any atom is -0.494 e.